The summed E-state index contributed by atoms with van der Waals surface area (Å²) in [7, 11) is 0. The molecule has 5 heteroatoms. The van der Waals surface area contributed by atoms with Crippen LogP contribution in [0.4, 0.5) is 4.79 Å². The number of carbonyl (C=O) groups excluding carboxylic acids is 1. The summed E-state index contributed by atoms with van der Waals surface area (Å²) in [4.78, 5) is 22.1. The van der Waals surface area contributed by atoms with Crippen LogP contribution in [0.1, 0.15) is 16.5 Å². The molecule has 0 bridgehead atoms. The molecule has 0 fully saturated rings. The van der Waals surface area contributed by atoms with Gasteiger partial charge < -0.3 is 15.2 Å². The molecule has 1 amide bonds. The number of aliphatic carboxylic acids is 1. The number of carbonyl (C=O) groups is 2. The predicted octanol–water partition coefficient (Wildman–Crippen LogP) is 1.39. The molecule has 1 rings (SSSR count). The molecule has 86 valence electrons. The Morgan fingerprint density at radius 1 is 1.50 bits per heavy atom. The molecular formula is C11H13NO4. The van der Waals surface area contributed by atoms with Gasteiger partial charge in [-0.15, -0.1) is 0 Å². The highest BCUT2D eigenvalue weighted by Crippen LogP contribution is 2.00. The summed E-state index contributed by atoms with van der Waals surface area (Å²) in [6.07, 6.45) is -1.09. The Hall–Kier alpha value is -2.04. The first kappa shape index (κ1) is 8.15. The highest BCUT2D eigenvalue weighted by atomic mass is 16.5. The van der Waals surface area contributed by atoms with Gasteiger partial charge in [0, 0.05) is 4.11 Å². The van der Waals surface area contributed by atoms with Crippen LogP contribution in [-0.4, -0.2) is 23.2 Å². The van der Waals surface area contributed by atoms with E-state index in [1.807, 2.05) is 0 Å². The van der Waals surface area contributed by atoms with Crippen LogP contribution in [0.3, 0.4) is 0 Å². The van der Waals surface area contributed by atoms with Gasteiger partial charge in [0.1, 0.15) is 12.6 Å². The normalized spacial score (nSPS) is 15.1. The highest BCUT2D eigenvalue weighted by molar-refractivity contribution is 5.79. The SMILES string of the molecule is [2H]C([2H])([2H])C(NC(=O)OCc1ccccc1)C(=O)O. The number of benzene rings is 1. The minimum absolute atomic E-state index is 0.0694. The maximum atomic E-state index is 11.3. The van der Waals surface area contributed by atoms with Crippen molar-refractivity contribution in [1.82, 2.24) is 5.32 Å². The van der Waals surface area contributed by atoms with E-state index >= 15 is 0 Å². The van der Waals surface area contributed by atoms with Crippen molar-refractivity contribution in [2.24, 2.45) is 0 Å². The van der Waals surface area contributed by atoms with Crippen molar-refractivity contribution in [2.75, 3.05) is 0 Å². The summed E-state index contributed by atoms with van der Waals surface area (Å²) in [6, 6.07) is 6.73. The zero-order valence-corrected chi connectivity index (χ0v) is 8.34. The molecule has 0 radical (unpaired) electrons. The van der Waals surface area contributed by atoms with Gasteiger partial charge in [-0.25, -0.2) is 4.79 Å². The molecular weight excluding hydrogens is 210 g/mol. The second kappa shape index (κ2) is 5.75. The summed E-state index contributed by atoms with van der Waals surface area (Å²) in [5.74, 6) is -1.64. The third-order valence-electron chi connectivity index (χ3n) is 1.72. The lowest BCUT2D eigenvalue weighted by Crippen LogP contribution is -2.38. The van der Waals surface area contributed by atoms with Crippen LogP contribution >= 0.6 is 0 Å². The molecule has 0 heterocycles. The number of hydrogen-bond acceptors (Lipinski definition) is 3. The molecule has 1 unspecified atom stereocenters. The molecule has 16 heavy (non-hydrogen) atoms. The van der Waals surface area contributed by atoms with Gasteiger partial charge in [0.15, 0.2) is 0 Å². The van der Waals surface area contributed by atoms with Gasteiger partial charge in [0.05, 0.1) is 0 Å². The van der Waals surface area contributed by atoms with Crippen LogP contribution in [0.5, 0.6) is 0 Å². The molecule has 5 nitrogen and oxygen atoms in total. The third kappa shape index (κ3) is 4.00. The Balaban J connectivity index is 2.52. The minimum Gasteiger partial charge on any atom is -0.480 e. The van der Waals surface area contributed by atoms with Crippen LogP contribution in [0.25, 0.3) is 0 Å². The van der Waals surface area contributed by atoms with Crippen LogP contribution in [-0.2, 0) is 16.1 Å². The monoisotopic (exact) mass is 226 g/mol. The van der Waals surface area contributed by atoms with Crippen molar-refractivity contribution in [3.63, 3.8) is 0 Å². The number of hydrogen-bond donors (Lipinski definition) is 2. The van der Waals surface area contributed by atoms with E-state index in [0.29, 0.717) is 5.56 Å². The van der Waals surface area contributed by atoms with Gasteiger partial charge in [-0.1, -0.05) is 30.3 Å². The molecule has 0 spiro atoms. The molecule has 0 aliphatic rings. The molecule has 0 saturated heterocycles. The van der Waals surface area contributed by atoms with E-state index in [1.54, 1.807) is 35.6 Å². The fraction of sp³-hybridized carbons (Fsp3) is 0.273. The number of ether oxygens (including phenoxy) is 1. The molecule has 0 aliphatic heterocycles. The lowest BCUT2D eigenvalue weighted by molar-refractivity contribution is -0.138. The lowest BCUT2D eigenvalue weighted by Gasteiger charge is -2.09. The van der Waals surface area contributed by atoms with Crippen LogP contribution < -0.4 is 5.32 Å². The van der Waals surface area contributed by atoms with Gasteiger partial charge in [-0.05, 0) is 12.4 Å². The zero-order valence-electron chi connectivity index (χ0n) is 11.3. The summed E-state index contributed by atoms with van der Waals surface area (Å²) in [5.41, 5.74) is 0.707. The topological polar surface area (TPSA) is 75.6 Å². The summed E-state index contributed by atoms with van der Waals surface area (Å²) in [5, 5.41) is 10.5. The molecule has 1 aromatic rings. The van der Waals surface area contributed by atoms with Crippen molar-refractivity contribution >= 4 is 12.1 Å². The fourth-order valence-corrected chi connectivity index (χ4v) is 0.944. The minimum atomic E-state index is -2.84. The molecule has 2 N–H and O–H groups in total. The quantitative estimate of drug-likeness (QED) is 0.813. The highest BCUT2D eigenvalue weighted by Gasteiger charge is 2.14. The number of alkyl carbamates (subject to hydrolysis) is 1. The van der Waals surface area contributed by atoms with E-state index in [-0.39, 0.29) is 6.61 Å². The largest absolute Gasteiger partial charge is 0.480 e. The van der Waals surface area contributed by atoms with Gasteiger partial charge in [-0.2, -0.15) is 0 Å². The number of carboxylic acid groups (broad SMARTS) is 1. The average molecular weight is 226 g/mol. The summed E-state index contributed by atoms with van der Waals surface area (Å²) in [6.45, 7) is -2.91. The van der Waals surface area contributed by atoms with Gasteiger partial charge in [0.25, 0.3) is 0 Å². The molecule has 0 aliphatic carbocycles. The van der Waals surface area contributed by atoms with Gasteiger partial charge in [-0.3, -0.25) is 4.79 Å². The number of carboxylic acids is 1. The fourth-order valence-electron chi connectivity index (χ4n) is 0.944. The van der Waals surface area contributed by atoms with Gasteiger partial charge in [0.2, 0.25) is 0 Å². The lowest BCUT2D eigenvalue weighted by atomic mass is 10.2. The maximum Gasteiger partial charge on any atom is 0.408 e. The number of nitrogens with one attached hydrogen (secondary N) is 1. The van der Waals surface area contributed by atoms with Crippen LogP contribution in [0.15, 0.2) is 30.3 Å². The number of amides is 1. The van der Waals surface area contributed by atoms with Crippen LogP contribution in [0, 0.1) is 0 Å². The van der Waals surface area contributed by atoms with Crippen molar-refractivity contribution in [3.05, 3.63) is 35.9 Å². The Bertz CT molecular complexity index is 447. The summed E-state index contributed by atoms with van der Waals surface area (Å²) < 4.78 is 25.7. The van der Waals surface area contributed by atoms with E-state index in [9.17, 15) is 9.59 Å². The second-order valence-corrected chi connectivity index (χ2v) is 2.98. The molecule has 1 aromatic carbocycles. The average Bonchev–Trinajstić information content (AvgIpc) is 2.33. The van der Waals surface area contributed by atoms with E-state index in [1.165, 1.54) is 0 Å². The molecule has 0 aromatic heterocycles. The van der Waals surface area contributed by atoms with Crippen molar-refractivity contribution in [2.45, 2.75) is 19.5 Å². The summed E-state index contributed by atoms with van der Waals surface area (Å²) >= 11 is 0. The van der Waals surface area contributed by atoms with E-state index in [0.717, 1.165) is 0 Å². The first-order chi connectivity index (χ1) is 8.80. The smallest absolute Gasteiger partial charge is 0.408 e. The van der Waals surface area contributed by atoms with Crippen molar-refractivity contribution in [3.8, 4) is 0 Å². The Morgan fingerprint density at radius 3 is 2.75 bits per heavy atom. The maximum absolute atomic E-state index is 11.3. The Labute approximate surface area is 97.3 Å². The first-order valence-electron chi connectivity index (χ1n) is 6.00. The van der Waals surface area contributed by atoms with Crippen LogP contribution in [0.2, 0.25) is 0 Å². The van der Waals surface area contributed by atoms with Gasteiger partial charge >= 0.3 is 12.1 Å². The Kier molecular flexibility index (Phi) is 2.93. The molecule has 1 atom stereocenters. The van der Waals surface area contributed by atoms with E-state index in [4.69, 9.17) is 14.0 Å². The third-order valence-corrected chi connectivity index (χ3v) is 1.72. The van der Waals surface area contributed by atoms with E-state index in [2.05, 4.69) is 0 Å². The second-order valence-electron chi connectivity index (χ2n) is 2.98. The first-order valence-corrected chi connectivity index (χ1v) is 4.50. The van der Waals surface area contributed by atoms with Crippen molar-refractivity contribution < 1.29 is 23.5 Å². The van der Waals surface area contributed by atoms with Crippen molar-refractivity contribution in [1.29, 1.82) is 0 Å². The standard InChI is InChI=1S/C11H13NO4/c1-8(10(13)14)12-11(15)16-7-9-5-3-2-4-6-9/h2-6,8H,7H2,1H3,(H,12,15)(H,13,14)/i1D3. The predicted molar refractivity (Wildman–Crippen MR) is 56.9 cm³/mol. The molecule has 0 saturated carbocycles. The number of rotatable bonds is 4. The zero-order chi connectivity index (χ0) is 14.5. The van der Waals surface area contributed by atoms with E-state index < -0.39 is 25.0 Å². The Morgan fingerprint density at radius 2 is 2.19 bits per heavy atom.